The van der Waals surface area contributed by atoms with Crippen LogP contribution in [0.25, 0.3) is 0 Å². The topological polar surface area (TPSA) is 26.8 Å². The zero-order valence-electron chi connectivity index (χ0n) is 16.8. The number of hydrogen-bond donors (Lipinski definition) is 0. The Hall–Kier alpha value is -0.450. The number of ketones is 1. The lowest BCUT2D eigenvalue weighted by Gasteiger charge is -2.47. The van der Waals surface area contributed by atoms with Gasteiger partial charge in [-0.1, -0.05) is 13.8 Å². The van der Waals surface area contributed by atoms with Gasteiger partial charge >= 0.3 is 0 Å². The molecule has 0 aliphatic carbocycles. The second-order valence-electron chi connectivity index (χ2n) is 8.80. The highest BCUT2D eigenvalue weighted by Crippen LogP contribution is 2.23. The van der Waals surface area contributed by atoms with Crippen LogP contribution in [0.3, 0.4) is 0 Å². The Kier molecular flexibility index (Phi) is 7.26. The van der Waals surface area contributed by atoms with E-state index in [4.69, 9.17) is 0 Å². The molecule has 0 aromatic carbocycles. The lowest BCUT2D eigenvalue weighted by molar-refractivity contribution is -0.123. The van der Waals surface area contributed by atoms with Crippen molar-refractivity contribution >= 4 is 5.78 Å². The van der Waals surface area contributed by atoms with E-state index in [9.17, 15) is 4.79 Å². The van der Waals surface area contributed by atoms with E-state index in [1.807, 2.05) is 13.8 Å². The molecule has 2 saturated heterocycles. The molecule has 140 valence electrons. The standard InChI is InChI=1S/C20H39N3O/c1-15(2)20(24)14-21-9-7-19(8-10-21)13-22-11-17(5)23(16(3)4)18(6)12-22/h15-19H,7-14H2,1-6H3/t17-,18+. The Morgan fingerprint density at radius 3 is 1.96 bits per heavy atom. The summed E-state index contributed by atoms with van der Waals surface area (Å²) in [6.45, 7) is 19.9. The van der Waals surface area contributed by atoms with Crippen molar-refractivity contribution in [2.24, 2.45) is 11.8 Å². The second-order valence-corrected chi connectivity index (χ2v) is 8.80. The number of carbonyl (C=O) groups excluding carboxylic acids is 1. The first-order chi connectivity index (χ1) is 11.3. The highest BCUT2D eigenvalue weighted by atomic mass is 16.1. The molecule has 2 atom stereocenters. The summed E-state index contributed by atoms with van der Waals surface area (Å²) < 4.78 is 0. The lowest BCUT2D eigenvalue weighted by Crippen LogP contribution is -2.59. The van der Waals surface area contributed by atoms with Crippen LogP contribution < -0.4 is 0 Å². The summed E-state index contributed by atoms with van der Waals surface area (Å²) in [5.41, 5.74) is 0. The molecule has 24 heavy (non-hydrogen) atoms. The van der Waals surface area contributed by atoms with Gasteiger partial charge in [-0.05, 0) is 59.5 Å². The predicted octanol–water partition coefficient (Wildman–Crippen LogP) is 2.73. The van der Waals surface area contributed by atoms with Crippen LogP contribution in [0.15, 0.2) is 0 Å². The van der Waals surface area contributed by atoms with E-state index in [2.05, 4.69) is 42.4 Å². The van der Waals surface area contributed by atoms with Crippen molar-refractivity contribution in [2.75, 3.05) is 39.3 Å². The fraction of sp³-hybridized carbons (Fsp3) is 0.950. The van der Waals surface area contributed by atoms with Gasteiger partial charge in [0.2, 0.25) is 0 Å². The Balaban J connectivity index is 1.75. The fourth-order valence-corrected chi connectivity index (χ4v) is 4.71. The minimum absolute atomic E-state index is 0.169. The Bertz CT molecular complexity index is 390. The highest BCUT2D eigenvalue weighted by Gasteiger charge is 2.32. The molecule has 0 bridgehead atoms. The maximum Gasteiger partial charge on any atom is 0.149 e. The fourth-order valence-electron chi connectivity index (χ4n) is 4.71. The number of nitrogens with zero attached hydrogens (tertiary/aromatic N) is 3. The number of Topliss-reactive ketones (excluding diaryl/α,β-unsaturated/α-hetero) is 1. The monoisotopic (exact) mass is 337 g/mol. The van der Waals surface area contributed by atoms with Gasteiger partial charge in [0.1, 0.15) is 5.78 Å². The predicted molar refractivity (Wildman–Crippen MR) is 101 cm³/mol. The second kappa shape index (κ2) is 8.77. The van der Waals surface area contributed by atoms with Crippen molar-refractivity contribution in [3.63, 3.8) is 0 Å². The van der Waals surface area contributed by atoms with Crippen molar-refractivity contribution in [3.05, 3.63) is 0 Å². The number of rotatable bonds is 6. The van der Waals surface area contributed by atoms with Crippen molar-refractivity contribution in [1.29, 1.82) is 0 Å². The third-order valence-corrected chi connectivity index (χ3v) is 5.91. The van der Waals surface area contributed by atoms with Gasteiger partial charge in [-0.3, -0.25) is 19.5 Å². The van der Waals surface area contributed by atoms with Crippen LogP contribution in [-0.4, -0.2) is 77.9 Å². The summed E-state index contributed by atoms with van der Waals surface area (Å²) >= 11 is 0. The molecular weight excluding hydrogens is 298 g/mol. The molecule has 2 heterocycles. The quantitative estimate of drug-likeness (QED) is 0.745. The molecule has 2 aliphatic heterocycles. The summed E-state index contributed by atoms with van der Waals surface area (Å²) in [6.07, 6.45) is 2.50. The Morgan fingerprint density at radius 1 is 0.958 bits per heavy atom. The Morgan fingerprint density at radius 2 is 1.50 bits per heavy atom. The first-order valence-corrected chi connectivity index (χ1v) is 10.0. The van der Waals surface area contributed by atoms with Gasteiger partial charge < -0.3 is 0 Å². The first kappa shape index (κ1) is 19.9. The number of likely N-dealkylation sites (tertiary alicyclic amines) is 1. The average Bonchev–Trinajstić information content (AvgIpc) is 2.48. The lowest BCUT2D eigenvalue weighted by atomic mass is 9.94. The van der Waals surface area contributed by atoms with E-state index < -0.39 is 0 Å². The van der Waals surface area contributed by atoms with E-state index in [0.29, 0.717) is 30.5 Å². The molecule has 4 heteroatoms. The van der Waals surface area contributed by atoms with Crippen molar-refractivity contribution < 1.29 is 4.79 Å². The number of carbonyl (C=O) groups is 1. The van der Waals surface area contributed by atoms with Gasteiger partial charge in [-0.15, -0.1) is 0 Å². The molecule has 2 rings (SSSR count). The number of piperazine rings is 1. The minimum Gasteiger partial charge on any atom is -0.300 e. The van der Waals surface area contributed by atoms with Gasteiger partial charge in [0.25, 0.3) is 0 Å². The van der Waals surface area contributed by atoms with Crippen LogP contribution in [0.1, 0.15) is 54.4 Å². The SMILES string of the molecule is CC(C)C(=O)CN1CCC(CN2C[C@@H](C)N(C(C)C)[C@@H](C)C2)CC1. The van der Waals surface area contributed by atoms with Crippen molar-refractivity contribution in [2.45, 2.75) is 72.5 Å². The summed E-state index contributed by atoms with van der Waals surface area (Å²) in [6, 6.07) is 1.94. The van der Waals surface area contributed by atoms with Crippen molar-refractivity contribution in [1.82, 2.24) is 14.7 Å². The maximum absolute atomic E-state index is 11.9. The van der Waals surface area contributed by atoms with Crippen LogP contribution in [0.2, 0.25) is 0 Å². The minimum atomic E-state index is 0.169. The molecule has 0 aromatic heterocycles. The summed E-state index contributed by atoms with van der Waals surface area (Å²) in [4.78, 5) is 19.6. The van der Waals surface area contributed by atoms with Crippen LogP contribution in [-0.2, 0) is 4.79 Å². The molecule has 4 nitrogen and oxygen atoms in total. The van der Waals surface area contributed by atoms with Gasteiger partial charge in [0.05, 0.1) is 6.54 Å². The van der Waals surface area contributed by atoms with Gasteiger partial charge in [-0.25, -0.2) is 0 Å². The molecule has 2 aliphatic rings. The zero-order valence-corrected chi connectivity index (χ0v) is 16.8. The molecule has 0 unspecified atom stereocenters. The Labute approximate surface area is 149 Å². The summed E-state index contributed by atoms with van der Waals surface area (Å²) in [5.74, 6) is 1.37. The van der Waals surface area contributed by atoms with Crippen LogP contribution in [0, 0.1) is 11.8 Å². The molecule has 0 N–H and O–H groups in total. The molecule has 0 saturated carbocycles. The van der Waals surface area contributed by atoms with E-state index >= 15 is 0 Å². The van der Waals surface area contributed by atoms with Crippen molar-refractivity contribution in [3.8, 4) is 0 Å². The molecule has 0 spiro atoms. The van der Waals surface area contributed by atoms with Crippen LogP contribution in [0.4, 0.5) is 0 Å². The smallest absolute Gasteiger partial charge is 0.149 e. The molecule has 0 amide bonds. The number of piperidine rings is 1. The molecular formula is C20H39N3O. The van der Waals surface area contributed by atoms with E-state index in [0.717, 1.165) is 19.0 Å². The third kappa shape index (κ3) is 5.27. The zero-order chi connectivity index (χ0) is 17.9. The van der Waals surface area contributed by atoms with E-state index in [1.54, 1.807) is 0 Å². The van der Waals surface area contributed by atoms with Crippen LogP contribution in [0.5, 0.6) is 0 Å². The van der Waals surface area contributed by atoms with E-state index in [1.165, 1.54) is 32.5 Å². The number of hydrogen-bond acceptors (Lipinski definition) is 4. The average molecular weight is 338 g/mol. The summed E-state index contributed by atoms with van der Waals surface area (Å²) in [5, 5.41) is 0. The van der Waals surface area contributed by atoms with Crippen LogP contribution >= 0.6 is 0 Å². The van der Waals surface area contributed by atoms with Gasteiger partial charge in [0.15, 0.2) is 0 Å². The highest BCUT2D eigenvalue weighted by molar-refractivity contribution is 5.82. The van der Waals surface area contributed by atoms with E-state index in [-0.39, 0.29) is 5.92 Å². The maximum atomic E-state index is 11.9. The molecule has 0 aromatic rings. The third-order valence-electron chi connectivity index (χ3n) is 5.91. The first-order valence-electron chi connectivity index (χ1n) is 10.0. The largest absolute Gasteiger partial charge is 0.300 e. The molecule has 2 fully saturated rings. The van der Waals surface area contributed by atoms with Gasteiger partial charge in [-0.2, -0.15) is 0 Å². The normalized spacial score (nSPS) is 28.8. The molecule has 0 radical (unpaired) electrons. The summed E-state index contributed by atoms with van der Waals surface area (Å²) in [7, 11) is 0. The van der Waals surface area contributed by atoms with Gasteiger partial charge in [0, 0.05) is 43.7 Å².